The number of guanidine groups is 1. The number of hydrogen-bond acceptors (Lipinski definition) is 5. The predicted octanol–water partition coefficient (Wildman–Crippen LogP) is 4.35. The van der Waals surface area contributed by atoms with Gasteiger partial charge in [-0.1, -0.05) is 25.8 Å². The highest BCUT2D eigenvalue weighted by Gasteiger charge is 2.10. The maximum atomic E-state index is 4.70. The van der Waals surface area contributed by atoms with E-state index in [-0.39, 0.29) is 24.0 Å². The highest BCUT2D eigenvalue weighted by molar-refractivity contribution is 14.0. The van der Waals surface area contributed by atoms with Crippen LogP contribution in [0.25, 0.3) is 0 Å². The predicted molar refractivity (Wildman–Crippen MR) is 133 cm³/mol. The lowest BCUT2D eigenvalue weighted by Gasteiger charge is -2.21. The van der Waals surface area contributed by atoms with Crippen molar-refractivity contribution in [3.8, 4) is 0 Å². The standard InChI is InChI=1S/C21H32N6S.HI/c1-3-18-15-24-20(28-18)16-26-21(22-4-2)25-14-17-9-10-19(23-13-17)27-11-7-5-6-8-12-27;/h9-10,13,15H,3-8,11-12,14,16H2,1-2H3,(H2,22,25,26);1H. The maximum Gasteiger partial charge on any atom is 0.191 e. The van der Waals surface area contributed by atoms with Crippen LogP contribution in [0.1, 0.15) is 55.0 Å². The molecule has 0 amide bonds. The maximum absolute atomic E-state index is 4.70. The number of nitrogens with one attached hydrogen (secondary N) is 2. The van der Waals surface area contributed by atoms with Crippen LogP contribution < -0.4 is 15.5 Å². The topological polar surface area (TPSA) is 65.4 Å². The largest absolute Gasteiger partial charge is 0.357 e. The summed E-state index contributed by atoms with van der Waals surface area (Å²) in [6.45, 7) is 8.61. The Morgan fingerprint density at radius 2 is 1.86 bits per heavy atom. The summed E-state index contributed by atoms with van der Waals surface area (Å²) in [5, 5.41) is 7.76. The van der Waals surface area contributed by atoms with Gasteiger partial charge in [0.05, 0.1) is 13.1 Å². The molecule has 1 fully saturated rings. The number of thiazole rings is 1. The second-order valence-corrected chi connectivity index (χ2v) is 8.25. The van der Waals surface area contributed by atoms with Crippen LogP contribution in [0.4, 0.5) is 5.82 Å². The van der Waals surface area contributed by atoms with Crippen LogP contribution in [0.15, 0.2) is 29.5 Å². The van der Waals surface area contributed by atoms with E-state index < -0.39 is 0 Å². The number of hydrogen-bond donors (Lipinski definition) is 2. The summed E-state index contributed by atoms with van der Waals surface area (Å²) < 4.78 is 0. The lowest BCUT2D eigenvalue weighted by atomic mass is 10.2. The third kappa shape index (κ3) is 7.73. The molecule has 160 valence electrons. The first-order chi connectivity index (χ1) is 13.8. The van der Waals surface area contributed by atoms with Crippen molar-refractivity contribution < 1.29 is 0 Å². The number of rotatable bonds is 7. The highest BCUT2D eigenvalue weighted by atomic mass is 127. The van der Waals surface area contributed by atoms with Gasteiger partial charge in [-0.05, 0) is 37.8 Å². The second-order valence-electron chi connectivity index (χ2n) is 7.05. The molecule has 0 spiro atoms. The summed E-state index contributed by atoms with van der Waals surface area (Å²) in [6, 6.07) is 4.28. The summed E-state index contributed by atoms with van der Waals surface area (Å²) in [5.41, 5.74) is 1.12. The van der Waals surface area contributed by atoms with Gasteiger partial charge in [-0.25, -0.2) is 15.0 Å². The molecular weight excluding hydrogens is 495 g/mol. The van der Waals surface area contributed by atoms with E-state index in [4.69, 9.17) is 4.99 Å². The lowest BCUT2D eigenvalue weighted by molar-refractivity contribution is 0.726. The van der Waals surface area contributed by atoms with E-state index in [0.29, 0.717) is 13.1 Å². The minimum atomic E-state index is 0. The third-order valence-electron chi connectivity index (χ3n) is 4.86. The molecule has 1 saturated heterocycles. The van der Waals surface area contributed by atoms with Gasteiger partial charge in [-0.15, -0.1) is 35.3 Å². The fraction of sp³-hybridized carbons (Fsp3) is 0.571. The zero-order valence-corrected chi connectivity index (χ0v) is 20.6. The normalized spacial score (nSPS) is 14.8. The molecule has 0 aliphatic carbocycles. The smallest absolute Gasteiger partial charge is 0.191 e. The van der Waals surface area contributed by atoms with E-state index in [1.165, 1.54) is 30.6 Å². The molecule has 8 heteroatoms. The first-order valence-corrected chi connectivity index (χ1v) is 11.3. The van der Waals surface area contributed by atoms with E-state index in [9.17, 15) is 0 Å². The van der Waals surface area contributed by atoms with Crippen LogP contribution in [0.3, 0.4) is 0 Å². The number of pyridine rings is 1. The summed E-state index contributed by atoms with van der Waals surface area (Å²) in [6.07, 6.45) is 10.2. The molecule has 3 rings (SSSR count). The van der Waals surface area contributed by atoms with Crippen molar-refractivity contribution in [1.82, 2.24) is 20.6 Å². The fourth-order valence-corrected chi connectivity index (χ4v) is 4.06. The fourth-order valence-electron chi connectivity index (χ4n) is 3.26. The summed E-state index contributed by atoms with van der Waals surface area (Å²) >= 11 is 1.75. The van der Waals surface area contributed by atoms with E-state index in [1.54, 1.807) is 11.3 Å². The molecule has 0 bridgehead atoms. The minimum Gasteiger partial charge on any atom is -0.357 e. The second kappa shape index (κ2) is 13.0. The van der Waals surface area contributed by atoms with Crippen LogP contribution >= 0.6 is 35.3 Å². The first-order valence-electron chi connectivity index (χ1n) is 10.4. The molecule has 2 aromatic rings. The van der Waals surface area contributed by atoms with E-state index >= 15 is 0 Å². The van der Waals surface area contributed by atoms with Crippen molar-refractivity contribution in [1.29, 1.82) is 0 Å². The van der Waals surface area contributed by atoms with Gasteiger partial charge >= 0.3 is 0 Å². The summed E-state index contributed by atoms with van der Waals surface area (Å²) in [7, 11) is 0. The van der Waals surface area contributed by atoms with Crippen molar-refractivity contribution >= 4 is 47.1 Å². The van der Waals surface area contributed by atoms with Gasteiger partial charge in [-0.3, -0.25) is 0 Å². The average Bonchev–Trinajstić information content (AvgIpc) is 3.02. The van der Waals surface area contributed by atoms with Crippen molar-refractivity contribution in [3.05, 3.63) is 40.0 Å². The van der Waals surface area contributed by atoms with Crippen LogP contribution in [-0.4, -0.2) is 35.6 Å². The van der Waals surface area contributed by atoms with Crippen LogP contribution in [0.2, 0.25) is 0 Å². The van der Waals surface area contributed by atoms with Crippen molar-refractivity contribution in [3.63, 3.8) is 0 Å². The molecule has 0 radical (unpaired) electrons. The molecule has 0 aromatic carbocycles. The molecule has 6 nitrogen and oxygen atoms in total. The van der Waals surface area contributed by atoms with E-state index in [2.05, 4.69) is 51.5 Å². The zero-order valence-electron chi connectivity index (χ0n) is 17.5. The number of nitrogens with zero attached hydrogens (tertiary/aromatic N) is 4. The van der Waals surface area contributed by atoms with E-state index in [0.717, 1.165) is 48.4 Å². The third-order valence-corrected chi connectivity index (χ3v) is 6.00. The molecule has 0 saturated carbocycles. The van der Waals surface area contributed by atoms with Gasteiger partial charge in [0.1, 0.15) is 10.8 Å². The molecule has 2 aromatic heterocycles. The van der Waals surface area contributed by atoms with Crippen molar-refractivity contribution in [2.24, 2.45) is 4.99 Å². The number of aliphatic imine (C=N–C) groups is 1. The summed E-state index contributed by atoms with van der Waals surface area (Å²) in [5.74, 6) is 1.91. The first kappa shape index (κ1) is 23.9. The Labute approximate surface area is 195 Å². The van der Waals surface area contributed by atoms with Crippen LogP contribution in [-0.2, 0) is 19.5 Å². The molecule has 1 aliphatic heterocycles. The Hall–Kier alpha value is -1.42. The lowest BCUT2D eigenvalue weighted by Crippen LogP contribution is -2.36. The Bertz CT molecular complexity index is 738. The molecular formula is C21H33IN6S. The van der Waals surface area contributed by atoms with Gasteiger partial charge in [-0.2, -0.15) is 0 Å². The highest BCUT2D eigenvalue weighted by Crippen LogP contribution is 2.17. The molecule has 29 heavy (non-hydrogen) atoms. The minimum absolute atomic E-state index is 0. The number of aryl methyl sites for hydroxylation is 1. The van der Waals surface area contributed by atoms with Gasteiger partial charge < -0.3 is 15.5 Å². The summed E-state index contributed by atoms with van der Waals surface area (Å²) in [4.78, 5) is 17.6. The van der Waals surface area contributed by atoms with Gasteiger partial charge in [0, 0.05) is 36.9 Å². The monoisotopic (exact) mass is 528 g/mol. The zero-order chi connectivity index (χ0) is 19.6. The molecule has 0 unspecified atom stereocenters. The Morgan fingerprint density at radius 1 is 1.07 bits per heavy atom. The molecule has 2 N–H and O–H groups in total. The van der Waals surface area contributed by atoms with Crippen LogP contribution in [0.5, 0.6) is 0 Å². The van der Waals surface area contributed by atoms with Crippen molar-refractivity contribution in [2.75, 3.05) is 24.5 Å². The Kier molecular flexibility index (Phi) is 10.7. The average molecular weight is 529 g/mol. The van der Waals surface area contributed by atoms with Gasteiger partial charge in [0.25, 0.3) is 0 Å². The number of anilines is 1. The molecule has 1 aliphatic rings. The van der Waals surface area contributed by atoms with Crippen LogP contribution in [0, 0.1) is 0 Å². The van der Waals surface area contributed by atoms with E-state index in [1.807, 2.05) is 12.4 Å². The van der Waals surface area contributed by atoms with Gasteiger partial charge in [0.2, 0.25) is 0 Å². The number of aromatic nitrogens is 2. The van der Waals surface area contributed by atoms with Gasteiger partial charge in [0.15, 0.2) is 5.96 Å². The SMILES string of the molecule is CCNC(=NCc1ccc(N2CCCCCC2)nc1)NCc1ncc(CC)s1.I. The molecule has 3 heterocycles. The Balaban J connectivity index is 0.00000300. The van der Waals surface area contributed by atoms with Crippen molar-refractivity contribution in [2.45, 2.75) is 59.0 Å². The quantitative estimate of drug-likeness (QED) is 0.318. The Morgan fingerprint density at radius 3 is 2.48 bits per heavy atom. The molecule has 0 atom stereocenters. The number of halogens is 1.